The predicted molar refractivity (Wildman–Crippen MR) is 72.2 cm³/mol. The van der Waals surface area contributed by atoms with E-state index in [-0.39, 0.29) is 0 Å². The van der Waals surface area contributed by atoms with Crippen molar-refractivity contribution in [2.24, 2.45) is 23.1 Å². The molecule has 3 heteroatoms. The van der Waals surface area contributed by atoms with Crippen LogP contribution in [0.25, 0.3) is 0 Å². The number of hydrogen-bond donors (Lipinski definition) is 3. The molecule has 0 aliphatic rings. The monoisotopic (exact) mass is 229 g/mol. The summed E-state index contributed by atoms with van der Waals surface area (Å²) in [6.45, 7) is 3.94. The van der Waals surface area contributed by atoms with Gasteiger partial charge in [0.05, 0.1) is 0 Å². The molecule has 0 aromatic heterocycles. The van der Waals surface area contributed by atoms with E-state index in [4.69, 9.17) is 17.2 Å². The molecule has 0 heterocycles. The van der Waals surface area contributed by atoms with Crippen molar-refractivity contribution in [1.29, 1.82) is 0 Å². The van der Waals surface area contributed by atoms with Crippen molar-refractivity contribution in [2.75, 3.05) is 13.1 Å². The van der Waals surface area contributed by atoms with Crippen LogP contribution in [0.5, 0.6) is 0 Å². The third-order valence-electron chi connectivity index (χ3n) is 3.21. The molecule has 2 atom stereocenters. The van der Waals surface area contributed by atoms with Crippen LogP contribution < -0.4 is 17.2 Å². The van der Waals surface area contributed by atoms with Gasteiger partial charge < -0.3 is 17.2 Å². The van der Waals surface area contributed by atoms with E-state index in [2.05, 4.69) is 6.92 Å². The van der Waals surface area contributed by atoms with Gasteiger partial charge in [-0.2, -0.15) is 0 Å². The topological polar surface area (TPSA) is 78.1 Å². The van der Waals surface area contributed by atoms with E-state index >= 15 is 0 Å². The quantitative estimate of drug-likeness (QED) is 0.474. The molecular weight excluding hydrogens is 198 g/mol. The summed E-state index contributed by atoms with van der Waals surface area (Å²) in [5, 5.41) is 0. The second kappa shape index (κ2) is 11.4. The Labute approximate surface area is 101 Å². The molecule has 0 rings (SSSR count). The summed E-state index contributed by atoms with van der Waals surface area (Å²) in [6, 6.07) is 0.378. The molecule has 3 nitrogen and oxygen atoms in total. The Morgan fingerprint density at radius 3 is 1.88 bits per heavy atom. The van der Waals surface area contributed by atoms with E-state index in [1.807, 2.05) is 0 Å². The van der Waals surface area contributed by atoms with E-state index in [0.29, 0.717) is 6.04 Å². The highest BCUT2D eigenvalue weighted by atomic mass is 14.6. The fourth-order valence-corrected chi connectivity index (χ4v) is 1.98. The second-order valence-electron chi connectivity index (χ2n) is 5.01. The first-order valence-electron chi connectivity index (χ1n) is 6.86. The maximum Gasteiger partial charge on any atom is 0.00389 e. The van der Waals surface area contributed by atoms with E-state index in [1.165, 1.54) is 25.7 Å². The summed E-state index contributed by atoms with van der Waals surface area (Å²) >= 11 is 0. The number of unbranched alkanes of at least 4 members (excludes halogenated alkanes) is 2. The normalized spacial score (nSPS) is 15.0. The van der Waals surface area contributed by atoms with E-state index in [9.17, 15) is 0 Å². The molecular formula is C13H31N3. The molecule has 0 saturated carbocycles. The number of rotatable bonds is 11. The van der Waals surface area contributed by atoms with Crippen LogP contribution in [-0.4, -0.2) is 19.1 Å². The molecule has 0 aromatic carbocycles. The van der Waals surface area contributed by atoms with E-state index in [0.717, 1.165) is 44.7 Å². The van der Waals surface area contributed by atoms with Crippen molar-refractivity contribution in [3.8, 4) is 0 Å². The molecule has 6 N–H and O–H groups in total. The molecule has 0 spiro atoms. The lowest BCUT2D eigenvalue weighted by Crippen LogP contribution is -2.21. The first kappa shape index (κ1) is 15.9. The Hall–Kier alpha value is -0.120. The van der Waals surface area contributed by atoms with Crippen molar-refractivity contribution in [1.82, 2.24) is 0 Å². The standard InChI is InChI=1S/C13H31N3/c1-12(6-2-4-10-14)8-9-13(16)7-3-5-11-15/h12-13H,2-11,14-16H2,1H3. The van der Waals surface area contributed by atoms with Gasteiger partial charge in [-0.15, -0.1) is 0 Å². The molecule has 0 aliphatic carbocycles. The smallest absolute Gasteiger partial charge is 0.00389 e. The fourth-order valence-electron chi connectivity index (χ4n) is 1.98. The third-order valence-corrected chi connectivity index (χ3v) is 3.21. The van der Waals surface area contributed by atoms with Gasteiger partial charge in [-0.3, -0.25) is 0 Å². The van der Waals surface area contributed by atoms with Crippen LogP contribution in [0.3, 0.4) is 0 Å². The van der Waals surface area contributed by atoms with Gasteiger partial charge in [0.2, 0.25) is 0 Å². The van der Waals surface area contributed by atoms with Gasteiger partial charge in [0.25, 0.3) is 0 Å². The minimum absolute atomic E-state index is 0.378. The van der Waals surface area contributed by atoms with Crippen molar-refractivity contribution < 1.29 is 0 Å². The van der Waals surface area contributed by atoms with Gasteiger partial charge in [-0.05, 0) is 51.1 Å². The molecule has 0 aromatic rings. The molecule has 0 bridgehead atoms. The van der Waals surface area contributed by atoms with E-state index < -0.39 is 0 Å². The van der Waals surface area contributed by atoms with Gasteiger partial charge in [-0.25, -0.2) is 0 Å². The minimum atomic E-state index is 0.378. The lowest BCUT2D eigenvalue weighted by molar-refractivity contribution is 0.415. The number of nitrogens with two attached hydrogens (primary N) is 3. The summed E-state index contributed by atoms with van der Waals surface area (Å²) in [7, 11) is 0. The third kappa shape index (κ3) is 10.4. The van der Waals surface area contributed by atoms with Crippen LogP contribution in [-0.2, 0) is 0 Å². The first-order valence-corrected chi connectivity index (χ1v) is 6.86. The lowest BCUT2D eigenvalue weighted by atomic mass is 9.95. The van der Waals surface area contributed by atoms with Gasteiger partial charge in [-0.1, -0.05) is 26.2 Å². The van der Waals surface area contributed by atoms with Crippen LogP contribution in [0.1, 0.15) is 58.3 Å². The van der Waals surface area contributed by atoms with E-state index in [1.54, 1.807) is 0 Å². The Morgan fingerprint density at radius 2 is 1.31 bits per heavy atom. The molecule has 0 fully saturated rings. The van der Waals surface area contributed by atoms with Gasteiger partial charge >= 0.3 is 0 Å². The molecule has 0 aliphatic heterocycles. The van der Waals surface area contributed by atoms with Crippen LogP contribution in [0.15, 0.2) is 0 Å². The lowest BCUT2D eigenvalue weighted by Gasteiger charge is -2.15. The molecule has 0 radical (unpaired) electrons. The van der Waals surface area contributed by atoms with Gasteiger partial charge in [0.15, 0.2) is 0 Å². The predicted octanol–water partition coefficient (Wildman–Crippen LogP) is 1.99. The van der Waals surface area contributed by atoms with Crippen molar-refractivity contribution in [3.63, 3.8) is 0 Å². The second-order valence-corrected chi connectivity index (χ2v) is 5.01. The summed E-state index contributed by atoms with van der Waals surface area (Å²) < 4.78 is 0. The molecule has 0 saturated heterocycles. The molecule has 98 valence electrons. The largest absolute Gasteiger partial charge is 0.330 e. The highest BCUT2D eigenvalue weighted by Crippen LogP contribution is 2.16. The van der Waals surface area contributed by atoms with Crippen molar-refractivity contribution in [2.45, 2.75) is 64.3 Å². The maximum absolute atomic E-state index is 6.06. The summed E-state index contributed by atoms with van der Waals surface area (Å²) in [5.41, 5.74) is 17.0. The van der Waals surface area contributed by atoms with Crippen LogP contribution >= 0.6 is 0 Å². The van der Waals surface area contributed by atoms with Crippen LogP contribution in [0.2, 0.25) is 0 Å². The van der Waals surface area contributed by atoms with Crippen molar-refractivity contribution in [3.05, 3.63) is 0 Å². The van der Waals surface area contributed by atoms with Crippen molar-refractivity contribution >= 4 is 0 Å². The zero-order valence-corrected chi connectivity index (χ0v) is 11.0. The van der Waals surface area contributed by atoms with Crippen LogP contribution in [0.4, 0.5) is 0 Å². The molecule has 2 unspecified atom stereocenters. The SMILES string of the molecule is CC(CCCCN)CCC(N)CCCCN. The van der Waals surface area contributed by atoms with Gasteiger partial charge in [0.1, 0.15) is 0 Å². The average molecular weight is 229 g/mol. The Balaban J connectivity index is 3.32. The Bertz CT molecular complexity index is 123. The zero-order chi connectivity index (χ0) is 12.2. The minimum Gasteiger partial charge on any atom is -0.330 e. The van der Waals surface area contributed by atoms with Gasteiger partial charge in [0, 0.05) is 6.04 Å². The first-order chi connectivity index (χ1) is 7.70. The van der Waals surface area contributed by atoms with Crippen LogP contribution in [0, 0.1) is 5.92 Å². The highest BCUT2D eigenvalue weighted by Gasteiger charge is 2.06. The summed E-state index contributed by atoms with van der Waals surface area (Å²) in [4.78, 5) is 0. The highest BCUT2D eigenvalue weighted by molar-refractivity contribution is 4.64. The zero-order valence-electron chi connectivity index (χ0n) is 11.0. The molecule has 16 heavy (non-hydrogen) atoms. The number of hydrogen-bond acceptors (Lipinski definition) is 3. The maximum atomic E-state index is 6.06. The Morgan fingerprint density at radius 1 is 0.750 bits per heavy atom. The average Bonchev–Trinajstić information content (AvgIpc) is 2.27. The fraction of sp³-hybridized carbons (Fsp3) is 1.00. The summed E-state index contributed by atoms with van der Waals surface area (Å²) in [5.74, 6) is 0.798. The summed E-state index contributed by atoms with van der Waals surface area (Å²) in [6.07, 6.45) is 9.56. The molecule has 0 amide bonds. The Kier molecular flexibility index (Phi) is 11.3.